The molecule has 0 N–H and O–H groups in total. The van der Waals surface area contributed by atoms with Crippen LogP contribution in [0.1, 0.15) is 18.1 Å². The molecule has 0 saturated heterocycles. The number of esters is 2. The number of carbonyl (C=O) groups excluding carboxylic acids is 2. The van der Waals surface area contributed by atoms with Gasteiger partial charge in [-0.05, 0) is 37.3 Å². The van der Waals surface area contributed by atoms with Crippen LogP contribution in [0.5, 0.6) is 11.5 Å². The minimum absolute atomic E-state index is 0.0187. The summed E-state index contributed by atoms with van der Waals surface area (Å²) < 4.78 is 53.6. The van der Waals surface area contributed by atoms with Crippen LogP contribution in [0.25, 0.3) is 0 Å². The SMILES string of the molecule is CC(OC(=O)Cc1cc(Oc2ccc(C(F)(F)F)cc2Cl)ccc1[N+](=O)[O-])C(=O)OCCBr. The molecule has 2 rings (SSSR count). The van der Waals surface area contributed by atoms with Crippen molar-refractivity contribution in [3.63, 3.8) is 0 Å². The largest absolute Gasteiger partial charge is 0.462 e. The molecular weight excluding hydrogens is 539 g/mol. The lowest BCUT2D eigenvalue weighted by Gasteiger charge is -2.13. The highest BCUT2D eigenvalue weighted by Gasteiger charge is 2.31. The van der Waals surface area contributed by atoms with Crippen molar-refractivity contribution in [3.05, 3.63) is 62.7 Å². The first-order valence-corrected chi connectivity index (χ1v) is 10.7. The highest BCUT2D eigenvalue weighted by molar-refractivity contribution is 9.09. The van der Waals surface area contributed by atoms with Crippen molar-refractivity contribution in [2.45, 2.75) is 25.6 Å². The molecule has 0 radical (unpaired) electrons. The average molecular weight is 555 g/mol. The monoisotopic (exact) mass is 553 g/mol. The lowest BCUT2D eigenvalue weighted by Crippen LogP contribution is -2.27. The second-order valence-corrected chi connectivity index (χ2v) is 7.66. The molecule has 0 aliphatic heterocycles. The van der Waals surface area contributed by atoms with Gasteiger partial charge in [-0.15, -0.1) is 0 Å². The Morgan fingerprint density at radius 2 is 1.91 bits per heavy atom. The van der Waals surface area contributed by atoms with E-state index in [0.29, 0.717) is 11.4 Å². The van der Waals surface area contributed by atoms with Crippen LogP contribution in [-0.4, -0.2) is 34.9 Å². The number of carbonyl (C=O) groups is 2. The van der Waals surface area contributed by atoms with Crippen LogP contribution >= 0.6 is 27.5 Å². The van der Waals surface area contributed by atoms with Gasteiger partial charge in [0.25, 0.3) is 5.69 Å². The maximum absolute atomic E-state index is 12.8. The van der Waals surface area contributed by atoms with Gasteiger partial charge < -0.3 is 14.2 Å². The summed E-state index contributed by atoms with van der Waals surface area (Å²) in [6.07, 6.45) is -6.41. The van der Waals surface area contributed by atoms with E-state index in [4.69, 9.17) is 25.8 Å². The van der Waals surface area contributed by atoms with Crippen molar-refractivity contribution in [1.29, 1.82) is 0 Å². The maximum Gasteiger partial charge on any atom is 0.416 e. The Kier molecular flexibility index (Phi) is 9.06. The predicted molar refractivity (Wildman–Crippen MR) is 114 cm³/mol. The van der Waals surface area contributed by atoms with E-state index in [9.17, 15) is 32.9 Å². The fourth-order valence-electron chi connectivity index (χ4n) is 2.53. The van der Waals surface area contributed by atoms with E-state index >= 15 is 0 Å². The first-order chi connectivity index (χ1) is 15.4. The number of nitrogens with zero attached hydrogens (tertiary/aromatic N) is 1. The Hall–Kier alpha value is -2.86. The number of alkyl halides is 4. The number of hydrogen-bond acceptors (Lipinski definition) is 7. The quantitative estimate of drug-likeness (QED) is 0.175. The number of nitro benzene ring substituents is 1. The Morgan fingerprint density at radius 3 is 2.48 bits per heavy atom. The molecule has 33 heavy (non-hydrogen) atoms. The second kappa shape index (κ2) is 11.3. The smallest absolute Gasteiger partial charge is 0.416 e. The lowest BCUT2D eigenvalue weighted by atomic mass is 10.1. The summed E-state index contributed by atoms with van der Waals surface area (Å²) >= 11 is 8.93. The first kappa shape index (κ1) is 26.4. The summed E-state index contributed by atoms with van der Waals surface area (Å²) in [7, 11) is 0. The molecule has 0 heterocycles. The first-order valence-electron chi connectivity index (χ1n) is 9.16. The molecule has 0 spiro atoms. The Labute approximate surface area is 198 Å². The minimum atomic E-state index is -4.60. The zero-order chi connectivity index (χ0) is 24.8. The van der Waals surface area contributed by atoms with Gasteiger partial charge in [0.1, 0.15) is 18.1 Å². The molecule has 0 aliphatic rings. The minimum Gasteiger partial charge on any atom is -0.462 e. The lowest BCUT2D eigenvalue weighted by molar-refractivity contribution is -0.385. The van der Waals surface area contributed by atoms with Gasteiger partial charge in [0.05, 0.1) is 21.9 Å². The Balaban J connectivity index is 2.20. The number of benzene rings is 2. The topological polar surface area (TPSA) is 105 Å². The van der Waals surface area contributed by atoms with E-state index in [1.807, 2.05) is 0 Å². The van der Waals surface area contributed by atoms with Gasteiger partial charge >= 0.3 is 18.1 Å². The van der Waals surface area contributed by atoms with Gasteiger partial charge in [-0.25, -0.2) is 4.79 Å². The van der Waals surface area contributed by atoms with Crippen molar-refractivity contribution in [1.82, 2.24) is 0 Å². The van der Waals surface area contributed by atoms with E-state index in [1.165, 1.54) is 13.0 Å². The summed E-state index contributed by atoms with van der Waals surface area (Å²) in [6, 6.07) is 5.85. The van der Waals surface area contributed by atoms with E-state index in [2.05, 4.69) is 15.9 Å². The number of ether oxygens (including phenoxy) is 3. The van der Waals surface area contributed by atoms with E-state index in [1.54, 1.807) is 0 Å². The molecule has 0 aromatic heterocycles. The van der Waals surface area contributed by atoms with E-state index < -0.39 is 46.8 Å². The zero-order valence-electron chi connectivity index (χ0n) is 16.9. The standard InChI is InChI=1S/C20H16BrClF3NO7/c1-11(19(28)31-7-6-21)32-18(27)9-12-8-14(3-4-16(12)26(29)30)33-17-5-2-13(10-15(17)22)20(23,24)25/h2-5,8,10-11H,6-7,9H2,1H3. The number of nitro groups is 1. The van der Waals surface area contributed by atoms with Crippen molar-refractivity contribution < 1.29 is 41.9 Å². The van der Waals surface area contributed by atoms with E-state index in [0.717, 1.165) is 24.3 Å². The summed E-state index contributed by atoms with van der Waals surface area (Å²) in [5, 5.41) is 11.4. The highest BCUT2D eigenvalue weighted by atomic mass is 79.9. The second-order valence-electron chi connectivity index (χ2n) is 6.46. The van der Waals surface area contributed by atoms with Crippen molar-refractivity contribution in [3.8, 4) is 11.5 Å². The predicted octanol–water partition coefficient (Wildman–Crippen LogP) is 5.47. The molecule has 0 fully saturated rings. The molecule has 2 aromatic rings. The fourth-order valence-corrected chi connectivity index (χ4v) is 2.91. The third-order valence-corrected chi connectivity index (χ3v) is 4.65. The molecule has 0 aliphatic carbocycles. The summed E-state index contributed by atoms with van der Waals surface area (Å²) in [4.78, 5) is 34.5. The van der Waals surface area contributed by atoms with Crippen LogP contribution in [0.15, 0.2) is 36.4 Å². The molecule has 0 bridgehead atoms. The molecular formula is C20H16BrClF3NO7. The van der Waals surface area contributed by atoms with Gasteiger partial charge in [0, 0.05) is 17.0 Å². The van der Waals surface area contributed by atoms with Crippen molar-refractivity contribution in [2.24, 2.45) is 0 Å². The number of halogens is 5. The van der Waals surface area contributed by atoms with Crippen molar-refractivity contribution in [2.75, 3.05) is 11.9 Å². The average Bonchev–Trinajstić information content (AvgIpc) is 2.72. The molecule has 8 nitrogen and oxygen atoms in total. The third-order valence-electron chi connectivity index (χ3n) is 4.03. The third kappa shape index (κ3) is 7.60. The van der Waals surface area contributed by atoms with Crippen molar-refractivity contribution >= 4 is 45.2 Å². The molecule has 0 saturated carbocycles. The summed E-state index contributed by atoms with van der Waals surface area (Å²) in [5.41, 5.74) is -1.50. The van der Waals surface area contributed by atoms with Gasteiger partial charge in [-0.3, -0.25) is 14.9 Å². The summed E-state index contributed by atoms with van der Waals surface area (Å²) in [5.74, 6) is -1.87. The molecule has 0 amide bonds. The Bertz CT molecular complexity index is 1050. The molecule has 13 heteroatoms. The molecule has 178 valence electrons. The fraction of sp³-hybridized carbons (Fsp3) is 0.300. The normalized spacial score (nSPS) is 12.1. The van der Waals surface area contributed by atoms with E-state index in [-0.39, 0.29) is 28.7 Å². The van der Waals surface area contributed by atoms with Crippen LogP contribution in [0.4, 0.5) is 18.9 Å². The maximum atomic E-state index is 12.8. The molecule has 1 unspecified atom stereocenters. The van der Waals surface area contributed by atoms with Gasteiger partial charge in [0.2, 0.25) is 0 Å². The van der Waals surface area contributed by atoms with Gasteiger partial charge in [-0.2, -0.15) is 13.2 Å². The molecule has 2 aromatic carbocycles. The summed E-state index contributed by atoms with van der Waals surface area (Å²) in [6.45, 7) is 1.35. The highest BCUT2D eigenvalue weighted by Crippen LogP contribution is 2.37. The Morgan fingerprint density at radius 1 is 1.21 bits per heavy atom. The van der Waals surface area contributed by atoms with Crippen LogP contribution in [0.2, 0.25) is 5.02 Å². The molecule has 1 atom stereocenters. The van der Waals surface area contributed by atoms with Gasteiger partial charge in [-0.1, -0.05) is 27.5 Å². The van der Waals surface area contributed by atoms with Crippen LogP contribution in [-0.2, 0) is 31.7 Å². The van der Waals surface area contributed by atoms with Crippen LogP contribution < -0.4 is 4.74 Å². The number of hydrogen-bond donors (Lipinski definition) is 0. The van der Waals surface area contributed by atoms with Gasteiger partial charge in [0.15, 0.2) is 6.10 Å². The van der Waals surface area contributed by atoms with Crippen LogP contribution in [0, 0.1) is 10.1 Å². The number of rotatable bonds is 9. The zero-order valence-corrected chi connectivity index (χ0v) is 19.2. The van der Waals surface area contributed by atoms with Crippen LogP contribution in [0.3, 0.4) is 0 Å².